The first kappa shape index (κ1) is 13.5. The third-order valence-electron chi connectivity index (χ3n) is 2.66. The first-order valence-electron chi connectivity index (χ1n) is 5.70. The molecule has 1 unspecified atom stereocenters. The van der Waals surface area contributed by atoms with Crippen LogP contribution < -0.4 is 5.32 Å². The van der Waals surface area contributed by atoms with Gasteiger partial charge in [-0.05, 0) is 24.0 Å². The monoisotopic (exact) mass is 236 g/mol. The van der Waals surface area contributed by atoms with Crippen molar-refractivity contribution in [1.29, 1.82) is 0 Å². The van der Waals surface area contributed by atoms with Crippen molar-refractivity contribution in [1.82, 2.24) is 4.98 Å². The van der Waals surface area contributed by atoms with Gasteiger partial charge in [0, 0.05) is 12.2 Å². The van der Waals surface area contributed by atoms with Gasteiger partial charge in [-0.3, -0.25) is 4.79 Å². The summed E-state index contributed by atoms with van der Waals surface area (Å²) >= 11 is 0. The smallest absolute Gasteiger partial charge is 0.305 e. The summed E-state index contributed by atoms with van der Waals surface area (Å²) in [5.74, 6) is -0.0821. The van der Waals surface area contributed by atoms with Gasteiger partial charge in [0.1, 0.15) is 5.82 Å². The van der Waals surface area contributed by atoms with Crippen LogP contribution in [0, 0.1) is 12.3 Å². The van der Waals surface area contributed by atoms with Gasteiger partial charge >= 0.3 is 5.97 Å². The second-order valence-corrected chi connectivity index (χ2v) is 5.38. The van der Waals surface area contributed by atoms with E-state index in [0.29, 0.717) is 0 Å². The zero-order chi connectivity index (χ0) is 13.1. The molecule has 0 radical (unpaired) electrons. The van der Waals surface area contributed by atoms with Crippen LogP contribution in [0.5, 0.6) is 0 Å². The van der Waals surface area contributed by atoms with Crippen molar-refractivity contribution < 1.29 is 9.90 Å². The van der Waals surface area contributed by atoms with Crippen LogP contribution >= 0.6 is 0 Å². The minimum Gasteiger partial charge on any atom is -0.481 e. The van der Waals surface area contributed by atoms with Crippen molar-refractivity contribution in [3.05, 3.63) is 23.9 Å². The summed E-state index contributed by atoms with van der Waals surface area (Å²) in [7, 11) is 0. The molecule has 17 heavy (non-hydrogen) atoms. The van der Waals surface area contributed by atoms with Crippen molar-refractivity contribution >= 4 is 11.8 Å². The Balaban J connectivity index is 2.79. The molecule has 1 heterocycles. The first-order valence-corrected chi connectivity index (χ1v) is 5.70. The van der Waals surface area contributed by atoms with Gasteiger partial charge in [-0.1, -0.05) is 26.8 Å². The lowest BCUT2D eigenvalue weighted by atomic mass is 9.85. The lowest BCUT2D eigenvalue weighted by Gasteiger charge is -2.30. The van der Waals surface area contributed by atoms with Gasteiger partial charge in [0.2, 0.25) is 0 Å². The predicted molar refractivity (Wildman–Crippen MR) is 68.1 cm³/mol. The molecule has 1 aromatic rings. The van der Waals surface area contributed by atoms with Crippen molar-refractivity contribution in [2.45, 2.75) is 40.2 Å². The van der Waals surface area contributed by atoms with Crippen LogP contribution in [0.1, 0.15) is 32.8 Å². The number of carboxylic acid groups (broad SMARTS) is 1. The first-order chi connectivity index (χ1) is 7.79. The largest absolute Gasteiger partial charge is 0.481 e. The van der Waals surface area contributed by atoms with Gasteiger partial charge in [-0.25, -0.2) is 4.98 Å². The molecule has 0 saturated carbocycles. The second kappa shape index (κ2) is 5.17. The average Bonchev–Trinajstić information content (AvgIpc) is 2.18. The maximum atomic E-state index is 10.8. The van der Waals surface area contributed by atoms with E-state index in [1.165, 1.54) is 0 Å². The van der Waals surface area contributed by atoms with E-state index in [1.54, 1.807) is 6.20 Å². The fraction of sp³-hybridized carbons (Fsp3) is 0.538. The molecule has 0 amide bonds. The summed E-state index contributed by atoms with van der Waals surface area (Å²) < 4.78 is 0. The van der Waals surface area contributed by atoms with E-state index in [0.717, 1.165) is 11.4 Å². The van der Waals surface area contributed by atoms with Gasteiger partial charge in [-0.15, -0.1) is 0 Å². The summed E-state index contributed by atoms with van der Waals surface area (Å²) in [5.41, 5.74) is 0.950. The van der Waals surface area contributed by atoms with Crippen LogP contribution in [0.3, 0.4) is 0 Å². The Morgan fingerprint density at radius 2 is 2.12 bits per heavy atom. The van der Waals surface area contributed by atoms with Crippen molar-refractivity contribution in [3.8, 4) is 0 Å². The molecule has 1 atom stereocenters. The number of pyridine rings is 1. The van der Waals surface area contributed by atoms with Crippen LogP contribution in [0.2, 0.25) is 0 Å². The van der Waals surface area contributed by atoms with Crippen LogP contribution in [-0.2, 0) is 4.79 Å². The van der Waals surface area contributed by atoms with Crippen LogP contribution in [-0.4, -0.2) is 22.1 Å². The summed E-state index contributed by atoms with van der Waals surface area (Å²) in [5, 5.41) is 12.1. The predicted octanol–water partition coefficient (Wildman–Crippen LogP) is 2.69. The van der Waals surface area contributed by atoms with E-state index in [2.05, 4.69) is 10.3 Å². The highest BCUT2D eigenvalue weighted by Crippen LogP contribution is 2.25. The van der Waals surface area contributed by atoms with Crippen LogP contribution in [0.4, 0.5) is 5.82 Å². The quantitative estimate of drug-likeness (QED) is 0.843. The summed E-state index contributed by atoms with van der Waals surface area (Å²) in [6, 6.07) is 3.68. The molecule has 4 nitrogen and oxygen atoms in total. The number of carbonyl (C=O) groups is 1. The summed E-state index contributed by atoms with van der Waals surface area (Å²) in [4.78, 5) is 15.1. The highest BCUT2D eigenvalue weighted by molar-refractivity contribution is 5.68. The van der Waals surface area contributed by atoms with Crippen LogP contribution in [0.25, 0.3) is 0 Å². The molecule has 0 aliphatic rings. The van der Waals surface area contributed by atoms with Gasteiger partial charge < -0.3 is 10.4 Å². The summed E-state index contributed by atoms with van der Waals surface area (Å²) in [6.45, 7) is 8.01. The maximum Gasteiger partial charge on any atom is 0.305 e. The number of hydrogen-bond acceptors (Lipinski definition) is 3. The number of nitrogens with zero attached hydrogens (tertiary/aromatic N) is 1. The highest BCUT2D eigenvalue weighted by Gasteiger charge is 2.27. The molecule has 0 spiro atoms. The Labute approximate surface area is 102 Å². The van der Waals surface area contributed by atoms with E-state index < -0.39 is 5.97 Å². The van der Waals surface area contributed by atoms with Gasteiger partial charge in [0.05, 0.1) is 6.42 Å². The number of hydrogen-bond donors (Lipinski definition) is 2. The van der Waals surface area contributed by atoms with Crippen LogP contribution in [0.15, 0.2) is 18.3 Å². The third-order valence-corrected chi connectivity index (χ3v) is 2.66. The number of aryl methyl sites for hydroxylation is 1. The average molecular weight is 236 g/mol. The molecule has 0 bridgehead atoms. The fourth-order valence-electron chi connectivity index (χ4n) is 1.48. The Morgan fingerprint density at radius 1 is 1.47 bits per heavy atom. The molecule has 0 aliphatic carbocycles. The molecule has 2 N–H and O–H groups in total. The van der Waals surface area contributed by atoms with Crippen molar-refractivity contribution in [2.75, 3.05) is 5.32 Å². The zero-order valence-corrected chi connectivity index (χ0v) is 10.8. The normalized spacial score (nSPS) is 13.2. The van der Waals surface area contributed by atoms with Crippen molar-refractivity contribution in [3.63, 3.8) is 0 Å². The number of aliphatic carboxylic acids is 1. The molecular weight excluding hydrogens is 216 g/mol. The topological polar surface area (TPSA) is 62.2 Å². The lowest BCUT2D eigenvalue weighted by molar-refractivity contribution is -0.137. The Kier molecular flexibility index (Phi) is 4.10. The molecule has 0 aliphatic heterocycles. The molecule has 94 valence electrons. The number of anilines is 1. The Morgan fingerprint density at radius 3 is 2.53 bits per heavy atom. The number of aromatic nitrogens is 1. The van der Waals surface area contributed by atoms with E-state index >= 15 is 0 Å². The van der Waals surface area contributed by atoms with Gasteiger partial charge in [0.25, 0.3) is 0 Å². The minimum absolute atomic E-state index is 0.0824. The molecule has 1 aromatic heterocycles. The third kappa shape index (κ3) is 4.43. The standard InChI is InChI=1S/C13H20N2O2/c1-9-5-6-11(14-8-9)15-10(7-12(16)17)13(2,3)4/h5-6,8,10H,7H2,1-4H3,(H,14,15)(H,16,17). The van der Waals surface area contributed by atoms with Gasteiger partial charge in [-0.2, -0.15) is 0 Å². The van der Waals surface area contributed by atoms with E-state index in [9.17, 15) is 4.79 Å². The van der Waals surface area contributed by atoms with Gasteiger partial charge in [0.15, 0.2) is 0 Å². The molecular formula is C13H20N2O2. The number of carboxylic acids is 1. The lowest BCUT2D eigenvalue weighted by Crippen LogP contribution is -2.36. The Bertz CT molecular complexity index is 379. The maximum absolute atomic E-state index is 10.8. The highest BCUT2D eigenvalue weighted by atomic mass is 16.4. The van der Waals surface area contributed by atoms with E-state index in [1.807, 2.05) is 39.8 Å². The van der Waals surface area contributed by atoms with Crippen molar-refractivity contribution in [2.24, 2.45) is 5.41 Å². The SMILES string of the molecule is Cc1ccc(NC(CC(=O)O)C(C)(C)C)nc1. The molecule has 0 saturated heterocycles. The molecule has 1 rings (SSSR count). The number of nitrogens with one attached hydrogen (secondary N) is 1. The second-order valence-electron chi connectivity index (χ2n) is 5.38. The Hall–Kier alpha value is -1.58. The zero-order valence-electron chi connectivity index (χ0n) is 10.8. The summed E-state index contributed by atoms with van der Waals surface area (Å²) in [6.07, 6.45) is 1.85. The number of rotatable bonds is 4. The van der Waals surface area contributed by atoms with E-state index in [4.69, 9.17) is 5.11 Å². The molecule has 4 heteroatoms. The van der Waals surface area contributed by atoms with E-state index in [-0.39, 0.29) is 17.9 Å². The molecule has 0 fully saturated rings. The fourth-order valence-corrected chi connectivity index (χ4v) is 1.48. The minimum atomic E-state index is -0.801. The molecule has 0 aromatic carbocycles.